The molecule has 1 saturated heterocycles. The van der Waals surface area contributed by atoms with Crippen LogP contribution in [0.2, 0.25) is 0 Å². The first-order chi connectivity index (χ1) is 9.89. The van der Waals surface area contributed by atoms with Crippen molar-refractivity contribution in [2.45, 2.75) is 31.5 Å². The van der Waals surface area contributed by atoms with Crippen LogP contribution in [0.25, 0.3) is 0 Å². The molecule has 112 valence electrons. The van der Waals surface area contributed by atoms with Crippen LogP contribution in [0.15, 0.2) is 41.5 Å². The van der Waals surface area contributed by atoms with Gasteiger partial charge in [0.1, 0.15) is 0 Å². The van der Waals surface area contributed by atoms with E-state index in [4.69, 9.17) is 4.74 Å². The lowest BCUT2D eigenvalue weighted by molar-refractivity contribution is -0.235. The van der Waals surface area contributed by atoms with Gasteiger partial charge in [0.15, 0.2) is 11.9 Å². The highest BCUT2D eigenvalue weighted by molar-refractivity contribution is 5.98. The number of hydrogen-bond donors (Lipinski definition) is 0. The first-order valence-electron chi connectivity index (χ1n) is 6.85. The third kappa shape index (κ3) is 2.39. The van der Waals surface area contributed by atoms with Crippen molar-refractivity contribution in [1.82, 2.24) is 0 Å². The van der Waals surface area contributed by atoms with Gasteiger partial charge in [-0.1, -0.05) is 30.3 Å². The lowest BCUT2D eigenvalue weighted by Gasteiger charge is -2.39. The van der Waals surface area contributed by atoms with Gasteiger partial charge >= 0.3 is 6.18 Å². The second-order valence-corrected chi connectivity index (χ2v) is 5.59. The molecule has 0 aromatic heterocycles. The second kappa shape index (κ2) is 4.98. The maximum atomic E-state index is 13.3. The lowest BCUT2D eigenvalue weighted by atomic mass is 9.76. The van der Waals surface area contributed by atoms with Gasteiger partial charge in [-0.2, -0.15) is 13.2 Å². The SMILES string of the molecule is CC1=C2CO[C@H](C(F)(F)F)[C@@H](c3ccccc3)[C@@H]2CC1=O. The number of benzene rings is 1. The van der Waals surface area contributed by atoms with Crippen LogP contribution in [0.4, 0.5) is 13.2 Å². The molecule has 0 radical (unpaired) electrons. The summed E-state index contributed by atoms with van der Waals surface area (Å²) in [4.78, 5) is 11.9. The maximum Gasteiger partial charge on any atom is 0.415 e. The highest BCUT2D eigenvalue weighted by Crippen LogP contribution is 2.49. The number of allylic oxidation sites excluding steroid dienone is 1. The monoisotopic (exact) mass is 296 g/mol. The van der Waals surface area contributed by atoms with Crippen molar-refractivity contribution in [2.75, 3.05) is 6.61 Å². The third-order valence-electron chi connectivity index (χ3n) is 4.44. The number of Topliss-reactive ketones (excluding diaryl/α,β-unsaturated/α-hetero) is 1. The predicted octanol–water partition coefficient (Wildman–Crippen LogP) is 3.64. The van der Waals surface area contributed by atoms with E-state index >= 15 is 0 Å². The van der Waals surface area contributed by atoms with Crippen LogP contribution in [-0.2, 0) is 9.53 Å². The summed E-state index contributed by atoms with van der Waals surface area (Å²) >= 11 is 0. The largest absolute Gasteiger partial charge is 0.415 e. The van der Waals surface area contributed by atoms with Crippen molar-refractivity contribution in [2.24, 2.45) is 5.92 Å². The van der Waals surface area contributed by atoms with E-state index in [1.165, 1.54) is 0 Å². The number of ketones is 1. The first-order valence-corrected chi connectivity index (χ1v) is 6.85. The Morgan fingerprint density at radius 2 is 1.86 bits per heavy atom. The van der Waals surface area contributed by atoms with E-state index in [2.05, 4.69) is 0 Å². The molecule has 0 amide bonds. The van der Waals surface area contributed by atoms with Gasteiger partial charge in [-0.05, 0) is 29.6 Å². The molecule has 0 N–H and O–H groups in total. The Labute approximate surface area is 120 Å². The normalized spacial score (nSPS) is 29.7. The molecule has 0 bridgehead atoms. The number of ether oxygens (including phenoxy) is 1. The van der Waals surface area contributed by atoms with Crippen LogP contribution in [0.1, 0.15) is 24.8 Å². The van der Waals surface area contributed by atoms with E-state index in [-0.39, 0.29) is 18.8 Å². The fraction of sp³-hybridized carbons (Fsp3) is 0.438. The molecular weight excluding hydrogens is 281 g/mol. The fourth-order valence-electron chi connectivity index (χ4n) is 3.37. The van der Waals surface area contributed by atoms with E-state index in [0.29, 0.717) is 11.1 Å². The lowest BCUT2D eigenvalue weighted by Crippen LogP contribution is -2.44. The molecule has 21 heavy (non-hydrogen) atoms. The summed E-state index contributed by atoms with van der Waals surface area (Å²) in [5.74, 6) is -1.32. The van der Waals surface area contributed by atoms with Crippen LogP contribution in [-0.4, -0.2) is 24.7 Å². The third-order valence-corrected chi connectivity index (χ3v) is 4.44. The number of hydrogen-bond acceptors (Lipinski definition) is 2. The summed E-state index contributed by atoms with van der Waals surface area (Å²) < 4.78 is 45.0. The summed E-state index contributed by atoms with van der Waals surface area (Å²) in [7, 11) is 0. The van der Waals surface area contributed by atoms with E-state index < -0.39 is 24.1 Å². The Kier molecular flexibility index (Phi) is 3.40. The summed E-state index contributed by atoms with van der Waals surface area (Å²) in [5.41, 5.74) is 1.88. The quantitative estimate of drug-likeness (QED) is 0.791. The minimum absolute atomic E-state index is 0.0673. The highest BCUT2D eigenvalue weighted by Gasteiger charge is 2.54. The summed E-state index contributed by atoms with van der Waals surface area (Å²) in [5, 5.41) is 0. The van der Waals surface area contributed by atoms with E-state index in [0.717, 1.165) is 5.57 Å². The Hall–Kier alpha value is -1.62. The maximum absolute atomic E-state index is 13.3. The van der Waals surface area contributed by atoms with E-state index in [1.807, 2.05) is 0 Å². The average Bonchev–Trinajstić information content (AvgIpc) is 2.73. The molecule has 1 aromatic carbocycles. The number of halogens is 3. The number of fused-ring (bicyclic) bond motifs is 1. The molecule has 2 aliphatic rings. The molecule has 1 heterocycles. The molecule has 2 nitrogen and oxygen atoms in total. The van der Waals surface area contributed by atoms with Crippen molar-refractivity contribution in [3.05, 3.63) is 47.0 Å². The molecule has 5 heteroatoms. The summed E-state index contributed by atoms with van der Waals surface area (Å²) in [6.45, 7) is 1.58. The van der Waals surface area contributed by atoms with Crippen LogP contribution < -0.4 is 0 Å². The molecular formula is C16H15F3O2. The Bertz CT molecular complexity index is 589. The van der Waals surface area contributed by atoms with Gasteiger partial charge in [0.2, 0.25) is 0 Å². The van der Waals surface area contributed by atoms with Gasteiger partial charge in [0.05, 0.1) is 6.61 Å². The average molecular weight is 296 g/mol. The predicted molar refractivity (Wildman–Crippen MR) is 70.8 cm³/mol. The van der Waals surface area contributed by atoms with Crippen LogP contribution in [0, 0.1) is 5.92 Å². The zero-order valence-electron chi connectivity index (χ0n) is 11.5. The smallest absolute Gasteiger partial charge is 0.364 e. The molecule has 1 aliphatic heterocycles. The topological polar surface area (TPSA) is 26.3 Å². The molecule has 3 atom stereocenters. The van der Waals surface area contributed by atoms with Crippen LogP contribution >= 0.6 is 0 Å². The molecule has 1 aliphatic carbocycles. The van der Waals surface area contributed by atoms with Gasteiger partial charge in [0.25, 0.3) is 0 Å². The van der Waals surface area contributed by atoms with Gasteiger partial charge in [-0.25, -0.2) is 0 Å². The molecule has 1 fully saturated rings. The summed E-state index contributed by atoms with van der Waals surface area (Å²) in [6, 6.07) is 8.54. The zero-order chi connectivity index (χ0) is 15.2. The van der Waals surface area contributed by atoms with Gasteiger partial charge in [-0.15, -0.1) is 0 Å². The standard InChI is InChI=1S/C16H15F3O2/c1-9-12-8-21-15(16(17,18)19)14(11(12)7-13(9)20)10-5-3-2-4-6-10/h2-6,11,14-15H,7-8H2,1H3/t11-,14+,15+/m1/s1. The Balaban J connectivity index is 2.06. The van der Waals surface area contributed by atoms with Gasteiger partial charge in [-0.3, -0.25) is 4.79 Å². The Morgan fingerprint density at radius 3 is 2.48 bits per heavy atom. The van der Waals surface area contributed by atoms with Crippen molar-refractivity contribution in [1.29, 1.82) is 0 Å². The minimum Gasteiger partial charge on any atom is -0.364 e. The van der Waals surface area contributed by atoms with Crippen LogP contribution in [0.5, 0.6) is 0 Å². The molecule has 3 rings (SSSR count). The van der Waals surface area contributed by atoms with Crippen molar-refractivity contribution in [3.8, 4) is 0 Å². The number of alkyl halides is 3. The van der Waals surface area contributed by atoms with Gasteiger partial charge in [0, 0.05) is 12.3 Å². The van der Waals surface area contributed by atoms with Crippen molar-refractivity contribution >= 4 is 5.78 Å². The minimum atomic E-state index is -4.44. The van der Waals surface area contributed by atoms with E-state index in [9.17, 15) is 18.0 Å². The molecule has 0 saturated carbocycles. The second-order valence-electron chi connectivity index (χ2n) is 5.59. The van der Waals surface area contributed by atoms with Crippen molar-refractivity contribution < 1.29 is 22.7 Å². The molecule has 0 spiro atoms. The zero-order valence-corrected chi connectivity index (χ0v) is 11.5. The highest BCUT2D eigenvalue weighted by atomic mass is 19.4. The summed E-state index contributed by atoms with van der Waals surface area (Å²) in [6.07, 6.45) is -6.14. The van der Waals surface area contributed by atoms with Crippen molar-refractivity contribution in [3.63, 3.8) is 0 Å². The first kappa shape index (κ1) is 14.3. The number of carbonyl (C=O) groups is 1. The fourth-order valence-corrected chi connectivity index (χ4v) is 3.37. The van der Waals surface area contributed by atoms with Gasteiger partial charge < -0.3 is 4.74 Å². The number of carbonyl (C=O) groups excluding carboxylic acids is 1. The molecule has 1 aromatic rings. The van der Waals surface area contributed by atoms with Crippen LogP contribution in [0.3, 0.4) is 0 Å². The molecule has 0 unspecified atom stereocenters. The van der Waals surface area contributed by atoms with E-state index in [1.54, 1.807) is 37.3 Å². The Morgan fingerprint density at radius 1 is 1.19 bits per heavy atom. The number of rotatable bonds is 1.